The van der Waals surface area contributed by atoms with E-state index in [1.54, 1.807) is 20.4 Å². The summed E-state index contributed by atoms with van der Waals surface area (Å²) >= 11 is 0. The summed E-state index contributed by atoms with van der Waals surface area (Å²) in [5, 5.41) is 6.61. The van der Waals surface area contributed by atoms with Crippen molar-refractivity contribution in [2.45, 2.75) is 20.0 Å². The maximum atomic E-state index is 5.86. The summed E-state index contributed by atoms with van der Waals surface area (Å²) < 4.78 is 16.7. The van der Waals surface area contributed by atoms with Gasteiger partial charge >= 0.3 is 0 Å². The van der Waals surface area contributed by atoms with E-state index >= 15 is 0 Å². The van der Waals surface area contributed by atoms with E-state index in [9.17, 15) is 0 Å². The third-order valence-electron chi connectivity index (χ3n) is 4.48. The molecular formula is C24H29IN4O3. The summed E-state index contributed by atoms with van der Waals surface area (Å²) in [6.45, 7) is 3.77. The molecule has 0 saturated heterocycles. The van der Waals surface area contributed by atoms with Gasteiger partial charge in [-0.1, -0.05) is 18.2 Å². The van der Waals surface area contributed by atoms with E-state index in [1.165, 1.54) is 0 Å². The number of nitrogens with one attached hydrogen (secondary N) is 2. The van der Waals surface area contributed by atoms with Crippen molar-refractivity contribution in [3.63, 3.8) is 0 Å². The second-order valence-electron chi connectivity index (χ2n) is 6.60. The standard InChI is InChI=1S/C24H28N4O3.HI/c1-4-30-20-9-11-21(12-10-20)31-23-15-18(13-14-26-23)16-27-24(25-2)28-17-19-7-5-6-8-22(19)29-3;/h5-15H,4,16-17H2,1-3H3,(H2,25,27,28);1H. The molecular weight excluding hydrogens is 519 g/mol. The minimum atomic E-state index is 0. The number of aromatic nitrogens is 1. The quantitative estimate of drug-likeness (QED) is 0.228. The number of hydrogen-bond donors (Lipinski definition) is 2. The van der Waals surface area contributed by atoms with Crippen LogP contribution in [0.2, 0.25) is 0 Å². The normalized spacial score (nSPS) is 10.7. The van der Waals surface area contributed by atoms with Gasteiger partial charge in [-0.2, -0.15) is 0 Å². The van der Waals surface area contributed by atoms with Crippen LogP contribution in [0.3, 0.4) is 0 Å². The summed E-state index contributed by atoms with van der Waals surface area (Å²) in [5.74, 6) is 3.58. The SMILES string of the molecule is CCOc1ccc(Oc2cc(CNC(=NC)NCc3ccccc3OC)ccn2)cc1.I. The van der Waals surface area contributed by atoms with Crippen molar-refractivity contribution in [2.24, 2.45) is 4.99 Å². The fourth-order valence-corrected chi connectivity index (χ4v) is 2.94. The van der Waals surface area contributed by atoms with Gasteiger partial charge in [0.2, 0.25) is 5.88 Å². The fourth-order valence-electron chi connectivity index (χ4n) is 2.94. The highest BCUT2D eigenvalue weighted by Crippen LogP contribution is 2.23. The van der Waals surface area contributed by atoms with Gasteiger partial charge in [-0.15, -0.1) is 24.0 Å². The number of rotatable bonds is 9. The lowest BCUT2D eigenvalue weighted by molar-refractivity contribution is 0.339. The van der Waals surface area contributed by atoms with Gasteiger partial charge in [-0.05, 0) is 48.9 Å². The number of hydrogen-bond acceptors (Lipinski definition) is 5. The summed E-state index contributed by atoms with van der Waals surface area (Å²) in [4.78, 5) is 8.58. The van der Waals surface area contributed by atoms with Crippen molar-refractivity contribution in [3.05, 3.63) is 78.0 Å². The van der Waals surface area contributed by atoms with Gasteiger partial charge in [0.1, 0.15) is 17.2 Å². The van der Waals surface area contributed by atoms with Gasteiger partial charge < -0.3 is 24.8 Å². The van der Waals surface area contributed by atoms with E-state index in [0.29, 0.717) is 37.3 Å². The molecule has 3 rings (SSSR count). The minimum absolute atomic E-state index is 0. The lowest BCUT2D eigenvalue weighted by atomic mass is 10.2. The molecule has 0 atom stereocenters. The van der Waals surface area contributed by atoms with Crippen LogP contribution in [0.4, 0.5) is 0 Å². The van der Waals surface area contributed by atoms with E-state index in [-0.39, 0.29) is 24.0 Å². The second kappa shape index (κ2) is 13.4. The molecule has 7 nitrogen and oxygen atoms in total. The number of methoxy groups -OCH3 is 1. The highest BCUT2D eigenvalue weighted by atomic mass is 127. The molecule has 2 aromatic carbocycles. The first-order chi connectivity index (χ1) is 15.2. The van der Waals surface area contributed by atoms with Crippen molar-refractivity contribution in [2.75, 3.05) is 20.8 Å². The molecule has 2 N–H and O–H groups in total. The van der Waals surface area contributed by atoms with E-state index in [2.05, 4.69) is 20.6 Å². The van der Waals surface area contributed by atoms with Crippen molar-refractivity contribution in [1.82, 2.24) is 15.6 Å². The molecule has 0 amide bonds. The summed E-state index contributed by atoms with van der Waals surface area (Å²) in [7, 11) is 3.41. The highest BCUT2D eigenvalue weighted by Gasteiger charge is 2.05. The maximum Gasteiger partial charge on any atom is 0.219 e. The van der Waals surface area contributed by atoms with Gasteiger partial charge in [-0.3, -0.25) is 4.99 Å². The van der Waals surface area contributed by atoms with Gasteiger partial charge in [0.25, 0.3) is 0 Å². The molecule has 32 heavy (non-hydrogen) atoms. The number of aliphatic imine (C=N–C) groups is 1. The topological polar surface area (TPSA) is 77.0 Å². The number of para-hydroxylation sites is 1. The molecule has 1 heterocycles. The Bertz CT molecular complexity index is 997. The Labute approximate surface area is 206 Å². The zero-order valence-corrected chi connectivity index (χ0v) is 20.8. The molecule has 0 radical (unpaired) electrons. The number of benzene rings is 2. The van der Waals surface area contributed by atoms with Crippen LogP contribution < -0.4 is 24.8 Å². The zero-order valence-electron chi connectivity index (χ0n) is 18.5. The highest BCUT2D eigenvalue weighted by molar-refractivity contribution is 14.0. The van der Waals surface area contributed by atoms with E-state index in [0.717, 1.165) is 22.6 Å². The molecule has 0 aliphatic rings. The molecule has 1 aromatic heterocycles. The number of halogens is 1. The van der Waals surface area contributed by atoms with Crippen LogP contribution >= 0.6 is 24.0 Å². The fraction of sp³-hybridized carbons (Fsp3) is 0.250. The molecule has 0 saturated carbocycles. The Morgan fingerprint density at radius 1 is 0.969 bits per heavy atom. The van der Waals surface area contributed by atoms with Gasteiger partial charge in [0.05, 0.1) is 13.7 Å². The summed E-state index contributed by atoms with van der Waals surface area (Å²) in [5.41, 5.74) is 2.08. The van der Waals surface area contributed by atoms with Gasteiger partial charge in [0, 0.05) is 38.0 Å². The molecule has 0 unspecified atom stereocenters. The molecule has 0 aliphatic heterocycles. The van der Waals surface area contributed by atoms with Crippen LogP contribution in [-0.4, -0.2) is 31.7 Å². The monoisotopic (exact) mass is 548 g/mol. The predicted octanol–water partition coefficient (Wildman–Crippen LogP) is 4.76. The zero-order chi connectivity index (χ0) is 21.9. The largest absolute Gasteiger partial charge is 0.496 e. The Balaban J connectivity index is 0.00000363. The molecule has 0 spiro atoms. The number of pyridine rings is 1. The van der Waals surface area contributed by atoms with Crippen LogP contribution in [-0.2, 0) is 13.1 Å². The molecule has 3 aromatic rings. The van der Waals surface area contributed by atoms with Gasteiger partial charge in [-0.25, -0.2) is 4.98 Å². The molecule has 170 valence electrons. The Kier molecular flexibility index (Phi) is 10.6. The lowest BCUT2D eigenvalue weighted by Gasteiger charge is -2.14. The number of guanidine groups is 1. The van der Waals surface area contributed by atoms with Crippen molar-refractivity contribution < 1.29 is 14.2 Å². The van der Waals surface area contributed by atoms with Crippen LogP contribution in [0.1, 0.15) is 18.1 Å². The minimum Gasteiger partial charge on any atom is -0.496 e. The molecule has 0 bridgehead atoms. The Hall–Kier alpha value is -3.01. The van der Waals surface area contributed by atoms with Crippen LogP contribution in [0, 0.1) is 0 Å². The predicted molar refractivity (Wildman–Crippen MR) is 137 cm³/mol. The third-order valence-corrected chi connectivity index (χ3v) is 4.48. The maximum absolute atomic E-state index is 5.86. The Morgan fingerprint density at radius 2 is 1.69 bits per heavy atom. The first kappa shape index (κ1) is 25.3. The first-order valence-electron chi connectivity index (χ1n) is 10.1. The molecule has 0 aliphatic carbocycles. The van der Waals surface area contributed by atoms with Crippen LogP contribution in [0.15, 0.2) is 71.9 Å². The van der Waals surface area contributed by atoms with Crippen LogP contribution in [0.5, 0.6) is 23.1 Å². The van der Waals surface area contributed by atoms with Crippen molar-refractivity contribution in [3.8, 4) is 23.1 Å². The van der Waals surface area contributed by atoms with E-state index < -0.39 is 0 Å². The van der Waals surface area contributed by atoms with E-state index in [1.807, 2.05) is 67.6 Å². The molecule has 8 heteroatoms. The Morgan fingerprint density at radius 3 is 2.41 bits per heavy atom. The van der Waals surface area contributed by atoms with E-state index in [4.69, 9.17) is 14.2 Å². The lowest BCUT2D eigenvalue weighted by Crippen LogP contribution is -2.36. The average molecular weight is 548 g/mol. The second-order valence-corrected chi connectivity index (χ2v) is 6.60. The smallest absolute Gasteiger partial charge is 0.219 e. The number of ether oxygens (including phenoxy) is 3. The molecule has 0 fully saturated rings. The van der Waals surface area contributed by atoms with Gasteiger partial charge in [0.15, 0.2) is 5.96 Å². The average Bonchev–Trinajstić information content (AvgIpc) is 2.81. The number of nitrogens with zero attached hydrogens (tertiary/aromatic N) is 2. The van der Waals surface area contributed by atoms with Crippen LogP contribution in [0.25, 0.3) is 0 Å². The summed E-state index contributed by atoms with van der Waals surface area (Å²) in [6, 6.07) is 19.2. The summed E-state index contributed by atoms with van der Waals surface area (Å²) in [6.07, 6.45) is 1.73. The third kappa shape index (κ3) is 7.60. The van der Waals surface area contributed by atoms with Crippen molar-refractivity contribution in [1.29, 1.82) is 0 Å². The first-order valence-corrected chi connectivity index (χ1v) is 10.1. The van der Waals surface area contributed by atoms with Crippen molar-refractivity contribution >= 4 is 29.9 Å².